The van der Waals surface area contributed by atoms with Crippen molar-refractivity contribution in [2.24, 2.45) is 11.1 Å². The lowest BCUT2D eigenvalue weighted by Crippen LogP contribution is -2.57. The molecular weight excluding hydrogens is 1040 g/mol. The van der Waals surface area contributed by atoms with Crippen molar-refractivity contribution in [1.29, 1.82) is 0 Å². The Balaban J connectivity index is 0.744. The third-order valence-corrected chi connectivity index (χ3v) is 15.0. The second-order valence-corrected chi connectivity index (χ2v) is 22.1. The van der Waals surface area contributed by atoms with E-state index >= 15 is 0 Å². The number of benzene rings is 2. The van der Waals surface area contributed by atoms with Gasteiger partial charge in [0.2, 0.25) is 35.4 Å². The Morgan fingerprint density at radius 3 is 2.16 bits per heavy atom. The molecule has 2 saturated heterocycles. The molecule has 79 heavy (non-hydrogen) atoms. The van der Waals surface area contributed by atoms with Gasteiger partial charge in [-0.3, -0.25) is 28.8 Å². The Morgan fingerprint density at radius 2 is 1.51 bits per heavy atom. The molecule has 2 fully saturated rings. The molecule has 0 radical (unpaired) electrons. The Hall–Kier alpha value is -7.36. The van der Waals surface area contributed by atoms with E-state index in [1.165, 1.54) is 24.3 Å². The summed E-state index contributed by atoms with van der Waals surface area (Å²) in [6.45, 7) is 10.4. The van der Waals surface area contributed by atoms with Crippen molar-refractivity contribution in [2.75, 3.05) is 26.2 Å². The van der Waals surface area contributed by atoms with Crippen LogP contribution in [-0.4, -0.2) is 115 Å². The number of imidazole rings is 1. The minimum atomic E-state index is -4.80. The number of halogens is 3. The highest BCUT2D eigenvalue weighted by Crippen LogP contribution is 2.30. The fraction of sp³-hybridized carbons (Fsp3) is 0.491. The van der Waals surface area contributed by atoms with Crippen molar-refractivity contribution in [2.45, 2.75) is 149 Å². The Bertz CT molecular complexity index is 2880. The van der Waals surface area contributed by atoms with Gasteiger partial charge in [0.05, 0.1) is 34.5 Å². The molecule has 6 amide bonds. The number of alkyl halides is 3. The average Bonchev–Trinajstić information content (AvgIpc) is 4.25. The van der Waals surface area contributed by atoms with Gasteiger partial charge in [-0.05, 0) is 85.8 Å². The zero-order valence-corrected chi connectivity index (χ0v) is 46.1. The fourth-order valence-electron chi connectivity index (χ4n) is 9.64. The van der Waals surface area contributed by atoms with E-state index < -0.39 is 29.8 Å². The third-order valence-electron chi connectivity index (χ3n) is 14.0. The summed E-state index contributed by atoms with van der Waals surface area (Å²) in [5, 5.41) is 8.98. The number of hydrogen-bond acceptors (Lipinski definition) is 12. The molecule has 0 aliphatic carbocycles. The predicted molar refractivity (Wildman–Crippen MR) is 291 cm³/mol. The number of pyridine rings is 1. The summed E-state index contributed by atoms with van der Waals surface area (Å²) in [6.07, 6.45) is 7.12. The van der Waals surface area contributed by atoms with E-state index in [2.05, 4.69) is 35.6 Å². The molecule has 18 nitrogen and oxygen atoms in total. The molecule has 5 N–H and O–H groups in total. The molecule has 0 spiro atoms. The van der Waals surface area contributed by atoms with Gasteiger partial charge in [-0.25, -0.2) is 15.0 Å². The first-order valence-electron chi connectivity index (χ1n) is 27.0. The number of ether oxygens (including phenoxy) is 2. The SMILES string of the molecule is Cc1ncsc1-c1ccc(CNC(=O)C2CCCN2C(=O)[C@@H](NC(=O)CCCCCCC(=O)NCCCCn2cnc(-c3cnc(OC4CCN(C(=O)Cc5ccc(OC(F)(F)F)cc5)CC4)c(C(N)=O)c3)c2)C(C)(C)C)cc1. The topological polar surface area (TPSA) is 233 Å². The molecule has 424 valence electrons. The summed E-state index contributed by atoms with van der Waals surface area (Å²) < 4.78 is 49.4. The Morgan fingerprint density at radius 1 is 0.810 bits per heavy atom. The molecule has 5 aromatic rings. The summed E-state index contributed by atoms with van der Waals surface area (Å²) in [7, 11) is 0. The van der Waals surface area contributed by atoms with Gasteiger partial charge in [0.15, 0.2) is 0 Å². The maximum Gasteiger partial charge on any atom is 0.573 e. The molecule has 7 rings (SSSR count). The minimum absolute atomic E-state index is 0.0172. The van der Waals surface area contributed by atoms with E-state index in [4.69, 9.17) is 10.5 Å². The van der Waals surface area contributed by atoms with Gasteiger partial charge in [0.25, 0.3) is 5.91 Å². The van der Waals surface area contributed by atoms with Crippen LogP contribution in [0.1, 0.15) is 125 Å². The molecule has 2 aliphatic heterocycles. The summed E-state index contributed by atoms with van der Waals surface area (Å²) in [4.78, 5) is 96.2. The van der Waals surface area contributed by atoms with Crippen molar-refractivity contribution < 1.29 is 51.4 Å². The van der Waals surface area contributed by atoms with Crippen LogP contribution < -0.4 is 31.2 Å². The molecule has 1 unspecified atom stereocenters. The van der Waals surface area contributed by atoms with Crippen LogP contribution in [0.15, 0.2) is 78.8 Å². The fourth-order valence-corrected chi connectivity index (χ4v) is 10.5. The molecular formula is C57H71F3N10O8S. The highest BCUT2D eigenvalue weighted by atomic mass is 32.1. The van der Waals surface area contributed by atoms with Gasteiger partial charge < -0.3 is 45.5 Å². The summed E-state index contributed by atoms with van der Waals surface area (Å²) in [5.41, 5.74) is 11.8. The number of carbonyl (C=O) groups is 6. The van der Waals surface area contributed by atoms with E-state index in [1.54, 1.807) is 39.7 Å². The normalized spacial score (nSPS) is 15.4. The first-order chi connectivity index (χ1) is 37.7. The smallest absolute Gasteiger partial charge is 0.474 e. The number of amides is 6. The van der Waals surface area contributed by atoms with E-state index in [-0.39, 0.29) is 65.7 Å². The maximum atomic E-state index is 14.0. The molecule has 2 aromatic carbocycles. The number of rotatable bonds is 25. The van der Waals surface area contributed by atoms with Crippen LogP contribution in [0.3, 0.4) is 0 Å². The predicted octanol–water partition coefficient (Wildman–Crippen LogP) is 8.06. The van der Waals surface area contributed by atoms with Crippen molar-refractivity contribution >= 4 is 46.8 Å². The largest absolute Gasteiger partial charge is 0.573 e. The lowest BCUT2D eigenvalue weighted by atomic mass is 9.85. The van der Waals surface area contributed by atoms with E-state index in [0.717, 1.165) is 47.4 Å². The number of thiazole rings is 1. The van der Waals surface area contributed by atoms with Crippen molar-refractivity contribution in [3.63, 3.8) is 0 Å². The number of likely N-dealkylation sites (tertiary alicyclic amines) is 2. The van der Waals surface area contributed by atoms with Crippen molar-refractivity contribution in [1.82, 2.24) is 45.3 Å². The number of hydrogen-bond donors (Lipinski definition) is 4. The standard InChI is InChI=1S/C57H71F3N10O8S/c1-37-50(79-36-66-37)40-19-15-39(16-20-40)32-63-53(75)46-12-11-27-70(46)55(76)51(56(2,3)4)67-48(72)14-8-6-5-7-13-47(71)62-25-9-10-26-68-34-45(65-35-68)41-31-44(52(61)74)54(64-33-41)77-42-23-28-69(29-24-42)49(73)30-38-17-21-43(22-18-38)78-57(58,59)60/h15-22,31,33-36,42,46,51H,5-14,23-30,32H2,1-4H3,(H2,61,74)(H,62,71)(H,63,75)(H,67,72)/t46?,51-/m1/s1. The molecule has 0 saturated carbocycles. The summed E-state index contributed by atoms with van der Waals surface area (Å²) >= 11 is 1.59. The molecule has 5 heterocycles. The Kier molecular flexibility index (Phi) is 20.6. The van der Waals surface area contributed by atoms with Crippen molar-refractivity contribution in [3.8, 4) is 33.3 Å². The minimum Gasteiger partial charge on any atom is -0.474 e. The van der Waals surface area contributed by atoms with Gasteiger partial charge in [0, 0.05) is 82.9 Å². The number of primary amides is 1. The molecule has 3 aromatic heterocycles. The van der Waals surface area contributed by atoms with Crippen LogP contribution in [0.2, 0.25) is 0 Å². The number of piperidine rings is 1. The number of aromatic nitrogens is 4. The zero-order valence-electron chi connectivity index (χ0n) is 45.2. The van der Waals surface area contributed by atoms with Crippen LogP contribution in [0.5, 0.6) is 11.6 Å². The van der Waals surface area contributed by atoms with Crippen LogP contribution >= 0.6 is 11.3 Å². The van der Waals surface area contributed by atoms with Crippen LogP contribution in [0, 0.1) is 12.3 Å². The molecule has 2 atom stereocenters. The number of unbranched alkanes of at least 4 members (excludes halogenated alkanes) is 4. The second kappa shape index (κ2) is 27.5. The molecule has 2 aliphatic rings. The lowest BCUT2D eigenvalue weighted by molar-refractivity contribution is -0.274. The maximum absolute atomic E-state index is 14.0. The van der Waals surface area contributed by atoms with Crippen LogP contribution in [-0.2, 0) is 43.5 Å². The zero-order chi connectivity index (χ0) is 56.7. The van der Waals surface area contributed by atoms with Gasteiger partial charge in [0.1, 0.15) is 29.5 Å². The number of nitrogens with one attached hydrogen (secondary N) is 3. The second-order valence-electron chi connectivity index (χ2n) is 21.2. The van der Waals surface area contributed by atoms with E-state index in [1.807, 2.05) is 68.2 Å². The monoisotopic (exact) mass is 1110 g/mol. The van der Waals surface area contributed by atoms with Gasteiger partial charge >= 0.3 is 6.36 Å². The highest BCUT2D eigenvalue weighted by molar-refractivity contribution is 7.13. The molecule has 22 heteroatoms. The number of nitrogens with two attached hydrogens (primary N) is 1. The molecule has 0 bridgehead atoms. The summed E-state index contributed by atoms with van der Waals surface area (Å²) in [5.74, 6) is -1.89. The number of carbonyl (C=O) groups excluding carboxylic acids is 6. The van der Waals surface area contributed by atoms with Crippen LogP contribution in [0.4, 0.5) is 13.2 Å². The average molecular weight is 1110 g/mol. The first-order valence-corrected chi connectivity index (χ1v) is 27.8. The quantitative estimate of drug-likeness (QED) is 0.0408. The summed E-state index contributed by atoms with van der Waals surface area (Å²) in [6, 6.07) is 13.4. The lowest BCUT2D eigenvalue weighted by Gasteiger charge is -2.35. The van der Waals surface area contributed by atoms with Crippen molar-refractivity contribution in [3.05, 3.63) is 101 Å². The van der Waals surface area contributed by atoms with E-state index in [9.17, 15) is 41.9 Å². The highest BCUT2D eigenvalue weighted by Gasteiger charge is 2.42. The Labute approximate surface area is 462 Å². The van der Waals surface area contributed by atoms with Gasteiger partial charge in [-0.2, -0.15) is 0 Å². The first kappa shape index (κ1) is 59.3. The number of nitrogens with zero attached hydrogens (tertiary/aromatic N) is 6. The van der Waals surface area contributed by atoms with Gasteiger partial charge in [-0.1, -0.05) is 70.0 Å². The third kappa shape index (κ3) is 17.6. The van der Waals surface area contributed by atoms with Crippen LogP contribution in [0.25, 0.3) is 21.7 Å². The van der Waals surface area contributed by atoms with E-state index in [0.29, 0.717) is 101 Å². The number of aryl methyl sites for hydroxylation is 2. The van der Waals surface area contributed by atoms with Gasteiger partial charge in [-0.15, -0.1) is 24.5 Å².